The summed E-state index contributed by atoms with van der Waals surface area (Å²) in [6.45, 7) is 3.96. The summed E-state index contributed by atoms with van der Waals surface area (Å²) < 4.78 is 0. The van der Waals surface area contributed by atoms with Crippen LogP contribution in [0.15, 0.2) is 0 Å². The van der Waals surface area contributed by atoms with Gasteiger partial charge in [0.1, 0.15) is 5.78 Å². The van der Waals surface area contributed by atoms with Crippen molar-refractivity contribution in [2.45, 2.75) is 51.9 Å². The molecule has 0 atom stereocenters. The van der Waals surface area contributed by atoms with Crippen LogP contribution in [0.2, 0.25) is 0 Å². The summed E-state index contributed by atoms with van der Waals surface area (Å²) in [5.74, 6) is 2.61. The molecule has 0 aliphatic heterocycles. The van der Waals surface area contributed by atoms with Gasteiger partial charge < -0.3 is 5.32 Å². The highest BCUT2D eigenvalue weighted by atomic mass is 16.1. The zero-order chi connectivity index (χ0) is 11.4. The largest absolute Gasteiger partial charge is 0.310 e. The van der Waals surface area contributed by atoms with Crippen molar-refractivity contribution >= 4 is 5.78 Å². The van der Waals surface area contributed by atoms with E-state index < -0.39 is 0 Å². The monoisotopic (exact) mass is 223 g/mol. The van der Waals surface area contributed by atoms with E-state index >= 15 is 0 Å². The van der Waals surface area contributed by atoms with Crippen LogP contribution < -0.4 is 5.32 Å². The van der Waals surface area contributed by atoms with E-state index in [0.29, 0.717) is 18.2 Å². The van der Waals surface area contributed by atoms with Crippen molar-refractivity contribution in [1.82, 2.24) is 5.32 Å². The van der Waals surface area contributed by atoms with Gasteiger partial charge in [-0.1, -0.05) is 13.3 Å². The minimum absolute atomic E-state index is 0.370. The summed E-state index contributed by atoms with van der Waals surface area (Å²) in [6.07, 6.45) is 8.85. The van der Waals surface area contributed by atoms with Gasteiger partial charge >= 0.3 is 0 Å². The molecular formula is C14H25NO. The maximum atomic E-state index is 11.9. The third-order valence-corrected chi connectivity index (χ3v) is 4.31. The number of rotatable bonds is 6. The second-order valence-electron chi connectivity index (χ2n) is 5.67. The van der Waals surface area contributed by atoms with Crippen LogP contribution >= 0.6 is 0 Å². The molecule has 0 spiro atoms. The first-order valence-electron chi connectivity index (χ1n) is 7.03. The Kier molecular flexibility index (Phi) is 4.39. The molecule has 0 aromatic carbocycles. The molecule has 0 aromatic heterocycles. The number of hydrogen-bond acceptors (Lipinski definition) is 2. The highest BCUT2D eigenvalue weighted by Gasteiger charge is 2.26. The minimum atomic E-state index is 0.370. The molecule has 2 aliphatic carbocycles. The lowest BCUT2D eigenvalue weighted by atomic mass is 9.79. The molecule has 0 amide bonds. The first kappa shape index (κ1) is 12.1. The van der Waals surface area contributed by atoms with Crippen LogP contribution in [0.3, 0.4) is 0 Å². The topological polar surface area (TPSA) is 29.1 Å². The molecule has 0 unspecified atom stereocenters. The minimum Gasteiger partial charge on any atom is -0.310 e. The van der Waals surface area contributed by atoms with Crippen LogP contribution in [0.5, 0.6) is 0 Å². The number of carbonyl (C=O) groups is 1. The first-order valence-corrected chi connectivity index (χ1v) is 7.03. The van der Waals surface area contributed by atoms with Gasteiger partial charge in [-0.3, -0.25) is 4.79 Å². The summed E-state index contributed by atoms with van der Waals surface area (Å²) in [4.78, 5) is 11.9. The molecular weight excluding hydrogens is 198 g/mol. The number of Topliss-reactive ketones (excluding diaryl/α,β-unsaturated/α-hetero) is 1. The molecule has 2 aliphatic rings. The van der Waals surface area contributed by atoms with Gasteiger partial charge in [-0.25, -0.2) is 0 Å². The van der Waals surface area contributed by atoms with Crippen LogP contribution in [0.25, 0.3) is 0 Å². The summed E-state index contributed by atoms with van der Waals surface area (Å²) in [7, 11) is 0. The average Bonchev–Trinajstić information content (AvgIpc) is 3.13. The molecule has 2 saturated carbocycles. The number of carbonyl (C=O) groups excluding carboxylic acids is 1. The Bertz CT molecular complexity index is 227. The zero-order valence-electron chi connectivity index (χ0n) is 10.5. The van der Waals surface area contributed by atoms with Crippen LogP contribution in [-0.2, 0) is 4.79 Å². The van der Waals surface area contributed by atoms with Gasteiger partial charge in [-0.05, 0) is 56.9 Å². The predicted molar refractivity (Wildman–Crippen MR) is 66.3 cm³/mol. The molecule has 2 rings (SSSR count). The van der Waals surface area contributed by atoms with E-state index in [9.17, 15) is 4.79 Å². The van der Waals surface area contributed by atoms with Crippen LogP contribution in [0.4, 0.5) is 0 Å². The van der Waals surface area contributed by atoms with Gasteiger partial charge in [0.05, 0.1) is 6.54 Å². The highest BCUT2D eigenvalue weighted by molar-refractivity contribution is 5.83. The Hall–Kier alpha value is -0.370. The van der Waals surface area contributed by atoms with Gasteiger partial charge in [-0.15, -0.1) is 0 Å². The normalized spacial score (nSPS) is 30.3. The molecule has 0 radical (unpaired) electrons. The predicted octanol–water partition coefficient (Wildman–Crippen LogP) is 2.77. The van der Waals surface area contributed by atoms with Gasteiger partial charge in [0, 0.05) is 5.92 Å². The molecule has 0 aromatic rings. The molecule has 0 saturated heterocycles. The lowest BCUT2D eigenvalue weighted by Gasteiger charge is -2.26. The fourth-order valence-electron chi connectivity index (χ4n) is 2.76. The van der Waals surface area contributed by atoms with Crippen molar-refractivity contribution < 1.29 is 4.79 Å². The smallest absolute Gasteiger partial charge is 0.149 e. The van der Waals surface area contributed by atoms with Crippen molar-refractivity contribution in [3.63, 3.8) is 0 Å². The third-order valence-electron chi connectivity index (χ3n) is 4.31. The van der Waals surface area contributed by atoms with E-state index in [1.807, 2.05) is 0 Å². The van der Waals surface area contributed by atoms with Gasteiger partial charge in [-0.2, -0.15) is 0 Å². The van der Waals surface area contributed by atoms with E-state index in [1.54, 1.807) is 0 Å². The Morgan fingerprint density at radius 2 is 1.69 bits per heavy atom. The molecule has 2 nitrogen and oxygen atoms in total. The fourth-order valence-corrected chi connectivity index (χ4v) is 2.76. The summed E-state index contributed by atoms with van der Waals surface area (Å²) in [6, 6.07) is 0. The van der Waals surface area contributed by atoms with Crippen molar-refractivity contribution in [1.29, 1.82) is 0 Å². The second kappa shape index (κ2) is 5.81. The van der Waals surface area contributed by atoms with Crippen molar-refractivity contribution in [2.24, 2.45) is 17.8 Å². The Balaban J connectivity index is 1.61. The van der Waals surface area contributed by atoms with E-state index in [0.717, 1.165) is 31.2 Å². The lowest BCUT2D eigenvalue weighted by Crippen LogP contribution is -2.31. The number of ketones is 1. The maximum Gasteiger partial charge on any atom is 0.149 e. The van der Waals surface area contributed by atoms with Crippen LogP contribution in [-0.4, -0.2) is 18.9 Å². The summed E-state index contributed by atoms with van der Waals surface area (Å²) >= 11 is 0. The molecule has 1 N–H and O–H groups in total. The van der Waals surface area contributed by atoms with E-state index in [2.05, 4.69) is 12.2 Å². The molecule has 92 valence electrons. The van der Waals surface area contributed by atoms with Crippen molar-refractivity contribution in [3.05, 3.63) is 0 Å². The van der Waals surface area contributed by atoms with Crippen LogP contribution in [0.1, 0.15) is 51.9 Å². The molecule has 0 bridgehead atoms. The molecule has 2 heteroatoms. The SMILES string of the molecule is CCC1CCC(C(=O)CNCC2CC2)CC1. The molecule has 16 heavy (non-hydrogen) atoms. The number of nitrogens with one attached hydrogen (secondary N) is 1. The molecule has 0 heterocycles. The van der Waals surface area contributed by atoms with Crippen molar-refractivity contribution in [2.75, 3.05) is 13.1 Å². The maximum absolute atomic E-state index is 11.9. The fraction of sp³-hybridized carbons (Fsp3) is 0.929. The number of hydrogen-bond donors (Lipinski definition) is 1. The Morgan fingerprint density at radius 1 is 1.06 bits per heavy atom. The highest BCUT2D eigenvalue weighted by Crippen LogP contribution is 2.31. The van der Waals surface area contributed by atoms with E-state index in [1.165, 1.54) is 32.1 Å². The van der Waals surface area contributed by atoms with Gasteiger partial charge in [0.25, 0.3) is 0 Å². The quantitative estimate of drug-likeness (QED) is 0.750. The van der Waals surface area contributed by atoms with Crippen LogP contribution in [0, 0.1) is 17.8 Å². The van der Waals surface area contributed by atoms with E-state index in [-0.39, 0.29) is 0 Å². The zero-order valence-corrected chi connectivity index (χ0v) is 10.5. The van der Waals surface area contributed by atoms with Crippen molar-refractivity contribution in [3.8, 4) is 0 Å². The standard InChI is InChI=1S/C14H25NO/c1-2-11-5-7-13(8-6-11)14(16)10-15-9-12-3-4-12/h11-13,15H,2-10H2,1H3. The van der Waals surface area contributed by atoms with Gasteiger partial charge in [0.2, 0.25) is 0 Å². The second-order valence-corrected chi connectivity index (χ2v) is 5.67. The van der Waals surface area contributed by atoms with E-state index in [4.69, 9.17) is 0 Å². The molecule has 2 fully saturated rings. The summed E-state index contributed by atoms with van der Waals surface area (Å²) in [5, 5.41) is 3.32. The Labute approximate surface area is 99.2 Å². The third kappa shape index (κ3) is 3.58. The lowest BCUT2D eigenvalue weighted by molar-refractivity contribution is -0.123. The first-order chi connectivity index (χ1) is 7.79. The van der Waals surface area contributed by atoms with Gasteiger partial charge in [0.15, 0.2) is 0 Å². The summed E-state index contributed by atoms with van der Waals surface area (Å²) in [5.41, 5.74) is 0. The Morgan fingerprint density at radius 3 is 2.25 bits per heavy atom. The average molecular weight is 223 g/mol.